The van der Waals surface area contributed by atoms with Crippen LogP contribution in [0.3, 0.4) is 0 Å². The Morgan fingerprint density at radius 2 is 2.05 bits per heavy atom. The predicted octanol–water partition coefficient (Wildman–Crippen LogP) is 3.87. The quantitative estimate of drug-likeness (QED) is 0.821. The van der Waals surface area contributed by atoms with Crippen molar-refractivity contribution in [1.82, 2.24) is 0 Å². The molecule has 1 heterocycles. The largest absolute Gasteiger partial charge is 0.482 e. The second-order valence-corrected chi connectivity index (χ2v) is 6.30. The van der Waals surface area contributed by atoms with Crippen LogP contribution in [0.25, 0.3) is 0 Å². The molecule has 0 spiro atoms. The summed E-state index contributed by atoms with van der Waals surface area (Å²) in [5, 5.41) is 10.6. The number of carbonyl (C=O) groups excluding carboxylic acids is 1. The number of thiophene rings is 1. The van der Waals surface area contributed by atoms with E-state index in [1.807, 2.05) is 38.3 Å². The molecule has 0 fully saturated rings. The molecular formula is C17H18O4S. The Bertz CT molecular complexity index is 687. The Morgan fingerprint density at radius 1 is 1.32 bits per heavy atom. The van der Waals surface area contributed by atoms with Gasteiger partial charge in [0, 0.05) is 5.56 Å². The third-order valence-electron chi connectivity index (χ3n) is 3.32. The van der Waals surface area contributed by atoms with Crippen molar-refractivity contribution in [3.8, 4) is 5.75 Å². The average Bonchev–Trinajstić information content (AvgIpc) is 2.98. The molecular weight excluding hydrogens is 300 g/mol. The van der Waals surface area contributed by atoms with Crippen LogP contribution in [0.2, 0.25) is 0 Å². The molecule has 0 unspecified atom stereocenters. The molecule has 116 valence electrons. The summed E-state index contributed by atoms with van der Waals surface area (Å²) in [5.74, 6) is -0.387. The predicted molar refractivity (Wildman–Crippen MR) is 86.2 cm³/mol. The van der Waals surface area contributed by atoms with Gasteiger partial charge in [-0.3, -0.25) is 4.79 Å². The fraction of sp³-hybridized carbons (Fsp3) is 0.294. The van der Waals surface area contributed by atoms with Crippen molar-refractivity contribution >= 4 is 23.1 Å². The van der Waals surface area contributed by atoms with Crippen LogP contribution in [0.15, 0.2) is 29.6 Å². The lowest BCUT2D eigenvalue weighted by atomic mass is 9.94. The Hall–Kier alpha value is -2.14. The summed E-state index contributed by atoms with van der Waals surface area (Å²) in [7, 11) is 0. The number of aliphatic carboxylic acids is 1. The molecule has 2 aromatic rings. The maximum absolute atomic E-state index is 12.6. The van der Waals surface area contributed by atoms with Crippen molar-refractivity contribution < 1.29 is 19.4 Å². The van der Waals surface area contributed by atoms with E-state index < -0.39 is 12.6 Å². The molecule has 22 heavy (non-hydrogen) atoms. The smallest absolute Gasteiger partial charge is 0.341 e. The monoisotopic (exact) mass is 318 g/mol. The number of aryl methyl sites for hydroxylation is 1. The lowest BCUT2D eigenvalue weighted by molar-refractivity contribution is -0.139. The van der Waals surface area contributed by atoms with Gasteiger partial charge in [0.2, 0.25) is 5.78 Å². The molecule has 4 nitrogen and oxygen atoms in total. The maximum Gasteiger partial charge on any atom is 0.341 e. The Balaban J connectivity index is 2.43. The van der Waals surface area contributed by atoms with Gasteiger partial charge in [0.1, 0.15) is 5.75 Å². The molecule has 1 N–H and O–H groups in total. The highest BCUT2D eigenvalue weighted by Gasteiger charge is 2.18. The van der Waals surface area contributed by atoms with E-state index in [1.54, 1.807) is 12.1 Å². The minimum absolute atomic E-state index is 0.0146. The summed E-state index contributed by atoms with van der Waals surface area (Å²) in [6.45, 7) is 5.41. The number of ketones is 1. The molecule has 1 aromatic carbocycles. The lowest BCUT2D eigenvalue weighted by Gasteiger charge is -2.16. The number of ether oxygens (including phenoxy) is 1. The average molecular weight is 318 g/mol. The van der Waals surface area contributed by atoms with Crippen molar-refractivity contribution in [2.24, 2.45) is 0 Å². The summed E-state index contributed by atoms with van der Waals surface area (Å²) < 4.78 is 5.36. The molecule has 1 aromatic heterocycles. The second-order valence-electron chi connectivity index (χ2n) is 5.35. The van der Waals surface area contributed by atoms with Gasteiger partial charge in [-0.1, -0.05) is 19.9 Å². The summed E-state index contributed by atoms with van der Waals surface area (Å²) in [5.41, 5.74) is 2.25. The van der Waals surface area contributed by atoms with Gasteiger partial charge in [0.25, 0.3) is 0 Å². The fourth-order valence-electron chi connectivity index (χ4n) is 2.20. The van der Waals surface area contributed by atoms with Gasteiger partial charge >= 0.3 is 5.97 Å². The summed E-state index contributed by atoms with van der Waals surface area (Å²) in [6.07, 6.45) is 0. The van der Waals surface area contributed by atoms with Crippen LogP contribution in [-0.2, 0) is 4.79 Å². The highest BCUT2D eigenvalue weighted by atomic mass is 32.1. The first-order chi connectivity index (χ1) is 10.4. The van der Waals surface area contributed by atoms with E-state index >= 15 is 0 Å². The third kappa shape index (κ3) is 3.54. The second kappa shape index (κ2) is 6.75. The molecule has 2 rings (SSSR count). The molecule has 0 aliphatic rings. The minimum Gasteiger partial charge on any atom is -0.482 e. The first kappa shape index (κ1) is 16.2. The number of carboxylic acids is 1. The molecule has 0 amide bonds. The van der Waals surface area contributed by atoms with Gasteiger partial charge in [-0.05, 0) is 47.5 Å². The highest BCUT2D eigenvalue weighted by molar-refractivity contribution is 7.12. The van der Waals surface area contributed by atoms with Crippen molar-refractivity contribution in [3.05, 3.63) is 51.2 Å². The first-order valence-corrected chi connectivity index (χ1v) is 7.85. The van der Waals surface area contributed by atoms with E-state index in [0.29, 0.717) is 16.2 Å². The highest BCUT2D eigenvalue weighted by Crippen LogP contribution is 2.31. The molecule has 0 saturated heterocycles. The lowest BCUT2D eigenvalue weighted by Crippen LogP contribution is -2.12. The zero-order chi connectivity index (χ0) is 16.3. The Kier molecular flexibility index (Phi) is 4.98. The van der Waals surface area contributed by atoms with Gasteiger partial charge in [-0.2, -0.15) is 0 Å². The standard InChI is InChI=1S/C17H18O4S/c1-10(2)12-8-13(17(20)15-5-4-6-22-15)11(3)7-14(12)21-9-16(18)19/h4-8,10H,9H2,1-3H3,(H,18,19). The summed E-state index contributed by atoms with van der Waals surface area (Å²) in [4.78, 5) is 23.9. The van der Waals surface area contributed by atoms with Crippen molar-refractivity contribution in [2.75, 3.05) is 6.61 Å². The molecule has 5 heteroatoms. The van der Waals surface area contributed by atoms with Crippen LogP contribution in [0.4, 0.5) is 0 Å². The van der Waals surface area contributed by atoms with Gasteiger partial charge in [-0.15, -0.1) is 11.3 Å². The molecule has 0 saturated carbocycles. The Labute approximate surface area is 133 Å². The first-order valence-electron chi connectivity index (χ1n) is 6.97. The fourth-order valence-corrected chi connectivity index (χ4v) is 2.88. The summed E-state index contributed by atoms with van der Waals surface area (Å²) >= 11 is 1.41. The number of hydrogen-bond donors (Lipinski definition) is 1. The number of carboxylic acid groups (broad SMARTS) is 1. The zero-order valence-corrected chi connectivity index (χ0v) is 13.6. The molecule has 0 atom stereocenters. The number of hydrogen-bond acceptors (Lipinski definition) is 4. The molecule has 0 radical (unpaired) electrons. The van der Waals surface area contributed by atoms with Gasteiger partial charge in [-0.25, -0.2) is 4.79 Å². The van der Waals surface area contributed by atoms with Crippen molar-refractivity contribution in [1.29, 1.82) is 0 Å². The van der Waals surface area contributed by atoms with Gasteiger partial charge in [0.15, 0.2) is 6.61 Å². The summed E-state index contributed by atoms with van der Waals surface area (Å²) in [6, 6.07) is 7.22. The van der Waals surface area contributed by atoms with E-state index in [2.05, 4.69) is 0 Å². The zero-order valence-electron chi connectivity index (χ0n) is 12.8. The van der Waals surface area contributed by atoms with E-state index in [-0.39, 0.29) is 11.7 Å². The number of rotatable bonds is 6. The van der Waals surface area contributed by atoms with E-state index in [1.165, 1.54) is 11.3 Å². The van der Waals surface area contributed by atoms with Gasteiger partial charge < -0.3 is 9.84 Å². The van der Waals surface area contributed by atoms with E-state index in [0.717, 1.165) is 11.1 Å². The third-order valence-corrected chi connectivity index (χ3v) is 4.19. The van der Waals surface area contributed by atoms with Crippen LogP contribution in [0.1, 0.15) is 46.1 Å². The van der Waals surface area contributed by atoms with E-state index in [4.69, 9.17) is 9.84 Å². The normalized spacial score (nSPS) is 10.7. The molecule has 0 aliphatic heterocycles. The maximum atomic E-state index is 12.6. The van der Waals surface area contributed by atoms with Gasteiger partial charge in [0.05, 0.1) is 4.88 Å². The SMILES string of the molecule is Cc1cc(OCC(=O)O)c(C(C)C)cc1C(=O)c1cccs1. The number of carbonyl (C=O) groups is 2. The minimum atomic E-state index is -1.02. The Morgan fingerprint density at radius 3 is 2.59 bits per heavy atom. The van der Waals surface area contributed by atoms with Crippen molar-refractivity contribution in [3.63, 3.8) is 0 Å². The van der Waals surface area contributed by atoms with E-state index in [9.17, 15) is 9.59 Å². The van der Waals surface area contributed by atoms with Crippen LogP contribution in [0.5, 0.6) is 5.75 Å². The van der Waals surface area contributed by atoms with Crippen LogP contribution < -0.4 is 4.74 Å². The topological polar surface area (TPSA) is 63.6 Å². The van der Waals surface area contributed by atoms with Crippen LogP contribution in [-0.4, -0.2) is 23.5 Å². The molecule has 0 bridgehead atoms. The number of benzene rings is 1. The van der Waals surface area contributed by atoms with Crippen molar-refractivity contribution in [2.45, 2.75) is 26.7 Å². The molecule has 0 aliphatic carbocycles. The van der Waals surface area contributed by atoms with Crippen LogP contribution in [0, 0.1) is 6.92 Å². The van der Waals surface area contributed by atoms with Crippen LogP contribution >= 0.6 is 11.3 Å².